The quantitative estimate of drug-likeness (QED) is 0.425. The van der Waals surface area contributed by atoms with Gasteiger partial charge in [-0.1, -0.05) is 6.92 Å². The predicted octanol–water partition coefficient (Wildman–Crippen LogP) is 3.37. The Bertz CT molecular complexity index is 1300. The van der Waals surface area contributed by atoms with Crippen molar-refractivity contribution in [3.8, 4) is 12.1 Å². The molecule has 0 fully saturated rings. The van der Waals surface area contributed by atoms with Crippen molar-refractivity contribution in [1.29, 1.82) is 10.5 Å². The minimum absolute atomic E-state index is 0.00521. The number of benzene rings is 1. The molecule has 0 spiro atoms. The number of carbonyl (C=O) groups excluding carboxylic acids is 2. The molecule has 0 aliphatic carbocycles. The van der Waals surface area contributed by atoms with Crippen LogP contribution >= 0.6 is 11.3 Å². The number of thiophene rings is 1. The number of fused-ring (bicyclic) bond motifs is 1. The minimum atomic E-state index is -3.95. The van der Waals surface area contributed by atoms with Gasteiger partial charge < -0.3 is 10.1 Å². The monoisotopic (exact) mass is 543 g/mol. The molecule has 0 bridgehead atoms. The number of hydrogen-bond acceptors (Lipinski definition) is 9. The molecule has 0 saturated heterocycles. The van der Waals surface area contributed by atoms with Gasteiger partial charge in [0, 0.05) is 49.5 Å². The van der Waals surface area contributed by atoms with Crippen LogP contribution in [0.5, 0.6) is 0 Å². The van der Waals surface area contributed by atoms with Gasteiger partial charge >= 0.3 is 5.97 Å². The molecule has 0 atom stereocenters. The Kier molecular flexibility index (Phi) is 9.78. The lowest BCUT2D eigenvalue weighted by Gasteiger charge is -2.25. The first-order chi connectivity index (χ1) is 17.8. The molecule has 1 aliphatic heterocycles. The fraction of sp³-hybridized carbons (Fsp3) is 0.440. The SMILES string of the molecule is CCOC(=O)c1c(NC(=O)c2ccc(S(=O)(=O)N(CCC#N)CCC#N)cc2)sc2c1CCN(CC)C2. The van der Waals surface area contributed by atoms with Gasteiger partial charge in [-0.2, -0.15) is 14.8 Å². The van der Waals surface area contributed by atoms with E-state index in [1.165, 1.54) is 35.6 Å². The van der Waals surface area contributed by atoms with Gasteiger partial charge in [0.25, 0.3) is 5.91 Å². The molecule has 1 aromatic heterocycles. The molecule has 3 rings (SSSR count). The lowest BCUT2D eigenvalue weighted by Crippen LogP contribution is -2.32. The van der Waals surface area contributed by atoms with E-state index in [1.807, 2.05) is 12.1 Å². The fourth-order valence-corrected chi connectivity index (χ4v) is 6.75. The van der Waals surface area contributed by atoms with E-state index in [9.17, 15) is 18.0 Å². The van der Waals surface area contributed by atoms with Gasteiger partial charge in [-0.05, 0) is 49.7 Å². The number of sulfonamides is 1. The summed E-state index contributed by atoms with van der Waals surface area (Å²) in [4.78, 5) is 29.0. The fourth-order valence-electron chi connectivity index (χ4n) is 4.04. The van der Waals surface area contributed by atoms with Crippen molar-refractivity contribution in [2.75, 3.05) is 38.1 Å². The number of nitrogens with zero attached hydrogens (tertiary/aromatic N) is 4. The van der Waals surface area contributed by atoms with E-state index in [2.05, 4.69) is 17.1 Å². The van der Waals surface area contributed by atoms with Crippen LogP contribution in [-0.2, 0) is 27.7 Å². The molecule has 1 aromatic carbocycles. The Labute approximate surface area is 221 Å². The molecule has 0 saturated carbocycles. The van der Waals surface area contributed by atoms with E-state index in [0.29, 0.717) is 23.5 Å². The van der Waals surface area contributed by atoms with Gasteiger partial charge in [-0.3, -0.25) is 9.69 Å². The number of nitrogens with one attached hydrogen (secondary N) is 1. The highest BCUT2D eigenvalue weighted by atomic mass is 32.2. The van der Waals surface area contributed by atoms with Crippen LogP contribution in [0.2, 0.25) is 0 Å². The molecule has 0 radical (unpaired) electrons. The number of esters is 1. The van der Waals surface area contributed by atoms with Crippen molar-refractivity contribution >= 4 is 38.2 Å². The molecule has 1 N–H and O–H groups in total. The zero-order chi connectivity index (χ0) is 27.0. The molecule has 2 aromatic rings. The summed E-state index contributed by atoms with van der Waals surface area (Å²) in [5, 5.41) is 20.9. The highest BCUT2D eigenvalue weighted by molar-refractivity contribution is 7.89. The zero-order valence-corrected chi connectivity index (χ0v) is 22.5. The zero-order valence-electron chi connectivity index (χ0n) is 20.8. The average molecular weight is 544 g/mol. The Morgan fingerprint density at radius 1 is 1.14 bits per heavy atom. The summed E-state index contributed by atoms with van der Waals surface area (Å²) >= 11 is 1.36. The molecule has 1 amide bonds. The first-order valence-corrected chi connectivity index (χ1v) is 14.2. The Morgan fingerprint density at radius 2 is 1.78 bits per heavy atom. The molecule has 0 unspecified atom stereocenters. The minimum Gasteiger partial charge on any atom is -0.462 e. The van der Waals surface area contributed by atoms with E-state index >= 15 is 0 Å². The number of rotatable bonds is 11. The topological polar surface area (TPSA) is 144 Å². The van der Waals surface area contributed by atoms with Gasteiger partial charge in [-0.25, -0.2) is 13.2 Å². The first kappa shape index (κ1) is 28.3. The van der Waals surface area contributed by atoms with Crippen LogP contribution < -0.4 is 5.32 Å². The second kappa shape index (κ2) is 12.8. The van der Waals surface area contributed by atoms with Crippen LogP contribution in [0.25, 0.3) is 0 Å². The smallest absolute Gasteiger partial charge is 0.341 e. The van der Waals surface area contributed by atoms with Crippen molar-refractivity contribution in [2.24, 2.45) is 0 Å². The van der Waals surface area contributed by atoms with Gasteiger partial charge in [0.15, 0.2) is 0 Å². The maximum Gasteiger partial charge on any atom is 0.341 e. The number of hydrogen-bond donors (Lipinski definition) is 1. The van der Waals surface area contributed by atoms with Crippen molar-refractivity contribution in [3.63, 3.8) is 0 Å². The van der Waals surface area contributed by atoms with Crippen molar-refractivity contribution in [2.45, 2.75) is 44.6 Å². The van der Waals surface area contributed by atoms with E-state index in [1.54, 1.807) is 6.92 Å². The van der Waals surface area contributed by atoms with Crippen molar-refractivity contribution < 1.29 is 22.7 Å². The number of likely N-dealkylation sites (N-methyl/N-ethyl adjacent to an activating group) is 1. The molecule has 10 nitrogen and oxygen atoms in total. The Morgan fingerprint density at radius 3 is 2.35 bits per heavy atom. The molecule has 37 heavy (non-hydrogen) atoms. The molecule has 12 heteroatoms. The molecule has 2 heterocycles. The Balaban J connectivity index is 1.84. The third-order valence-electron chi connectivity index (χ3n) is 5.99. The molecular weight excluding hydrogens is 514 g/mol. The third kappa shape index (κ3) is 6.53. The number of carbonyl (C=O) groups is 2. The maximum absolute atomic E-state index is 13.1. The average Bonchev–Trinajstić information content (AvgIpc) is 3.25. The Hall–Kier alpha value is -3.29. The number of ether oxygens (including phenoxy) is 1. The lowest BCUT2D eigenvalue weighted by molar-refractivity contribution is 0.0526. The summed E-state index contributed by atoms with van der Waals surface area (Å²) in [5.74, 6) is -0.956. The van der Waals surface area contributed by atoms with Crippen LogP contribution in [0.15, 0.2) is 29.2 Å². The summed E-state index contributed by atoms with van der Waals surface area (Å²) in [6.07, 6.45) is 0.674. The molecular formula is C25H29N5O5S2. The van der Waals surface area contributed by atoms with E-state index < -0.39 is 21.9 Å². The largest absolute Gasteiger partial charge is 0.462 e. The van der Waals surface area contributed by atoms with Crippen LogP contribution in [0.3, 0.4) is 0 Å². The van der Waals surface area contributed by atoms with Crippen molar-refractivity contribution in [1.82, 2.24) is 9.21 Å². The van der Waals surface area contributed by atoms with Crippen LogP contribution in [0.4, 0.5) is 5.00 Å². The number of anilines is 1. The van der Waals surface area contributed by atoms with Crippen molar-refractivity contribution in [3.05, 3.63) is 45.8 Å². The highest BCUT2D eigenvalue weighted by Gasteiger charge is 2.30. The predicted molar refractivity (Wildman–Crippen MR) is 139 cm³/mol. The standard InChI is InChI=1S/C25H29N5O5S2/c1-3-29-16-11-20-21(17-29)36-24(22(20)25(32)35-4-2)28-23(31)18-7-9-19(10-8-18)37(33,34)30(14-5-12-26)15-6-13-27/h7-10H,3-6,11,14-17H2,1-2H3,(H,28,31). The summed E-state index contributed by atoms with van der Waals surface area (Å²) in [7, 11) is -3.95. The summed E-state index contributed by atoms with van der Waals surface area (Å²) in [6.45, 7) is 6.35. The van der Waals surface area contributed by atoms with Gasteiger partial charge in [-0.15, -0.1) is 11.3 Å². The third-order valence-corrected chi connectivity index (χ3v) is 9.04. The normalized spacial score (nSPS) is 13.4. The molecule has 1 aliphatic rings. The molecule has 196 valence electrons. The first-order valence-electron chi connectivity index (χ1n) is 12.0. The number of nitriles is 2. The maximum atomic E-state index is 13.1. The summed E-state index contributed by atoms with van der Waals surface area (Å²) < 4.78 is 32.4. The van der Waals surface area contributed by atoms with Crippen LogP contribution in [0, 0.1) is 22.7 Å². The highest BCUT2D eigenvalue weighted by Crippen LogP contribution is 2.38. The lowest BCUT2D eigenvalue weighted by atomic mass is 10.0. The van der Waals surface area contributed by atoms with Crippen LogP contribution in [-0.4, -0.2) is 62.3 Å². The van der Waals surface area contributed by atoms with Crippen LogP contribution in [0.1, 0.15) is 57.8 Å². The van der Waals surface area contributed by atoms with E-state index in [4.69, 9.17) is 15.3 Å². The summed E-state index contributed by atoms with van der Waals surface area (Å²) in [5.41, 5.74) is 1.51. The van der Waals surface area contributed by atoms with Gasteiger partial charge in [0.05, 0.1) is 29.2 Å². The second-order valence-electron chi connectivity index (χ2n) is 8.25. The van der Waals surface area contributed by atoms with Gasteiger partial charge in [0.2, 0.25) is 10.0 Å². The number of amides is 1. The van der Waals surface area contributed by atoms with Gasteiger partial charge in [0.1, 0.15) is 5.00 Å². The van der Waals surface area contributed by atoms with E-state index in [0.717, 1.165) is 27.8 Å². The van der Waals surface area contributed by atoms with E-state index in [-0.39, 0.29) is 43.0 Å². The summed E-state index contributed by atoms with van der Waals surface area (Å²) in [6, 6.07) is 9.25. The second-order valence-corrected chi connectivity index (χ2v) is 11.3.